The zero-order chi connectivity index (χ0) is 17.8. The predicted octanol–water partition coefficient (Wildman–Crippen LogP) is 2.48. The number of aromatic nitrogens is 3. The molecule has 25 heavy (non-hydrogen) atoms. The molecule has 0 aliphatic rings. The Bertz CT molecular complexity index is 955. The number of nitrogens with zero attached hydrogens (tertiary/aromatic N) is 4. The molecule has 0 bridgehead atoms. The molecule has 0 saturated heterocycles. The fraction of sp³-hybridized carbons (Fsp3) is 0.176. The van der Waals surface area contributed by atoms with Gasteiger partial charge in [-0.1, -0.05) is 30.0 Å². The van der Waals surface area contributed by atoms with Crippen LogP contribution in [0.3, 0.4) is 0 Å². The average Bonchev–Trinajstić information content (AvgIpc) is 2.96. The van der Waals surface area contributed by atoms with Gasteiger partial charge in [0.15, 0.2) is 10.9 Å². The van der Waals surface area contributed by atoms with Crippen molar-refractivity contribution in [3.8, 4) is 6.07 Å². The Balaban J connectivity index is 1.83. The number of para-hydroxylation sites is 1. The number of nitriles is 1. The maximum Gasteiger partial charge on any atom is 0.191 e. The summed E-state index contributed by atoms with van der Waals surface area (Å²) in [5.41, 5.74) is 12.8. The molecule has 8 heteroatoms. The van der Waals surface area contributed by atoms with E-state index >= 15 is 0 Å². The van der Waals surface area contributed by atoms with E-state index in [0.29, 0.717) is 23.7 Å². The third kappa shape index (κ3) is 3.72. The van der Waals surface area contributed by atoms with Crippen molar-refractivity contribution in [2.45, 2.75) is 18.1 Å². The SMILES string of the molecule is N#CCCn1cc(C(=O)CSc2nc(N)cc(N)n2)c2ccccc21. The van der Waals surface area contributed by atoms with Crippen LogP contribution in [0.15, 0.2) is 41.7 Å². The third-order valence-electron chi connectivity index (χ3n) is 3.63. The number of ketones is 1. The molecule has 0 aliphatic carbocycles. The lowest BCUT2D eigenvalue weighted by atomic mass is 10.1. The summed E-state index contributed by atoms with van der Waals surface area (Å²) in [6.07, 6.45) is 2.19. The van der Waals surface area contributed by atoms with E-state index in [2.05, 4.69) is 16.0 Å². The number of carbonyl (C=O) groups excluding carboxylic acids is 1. The normalized spacial score (nSPS) is 10.7. The molecule has 0 spiro atoms. The summed E-state index contributed by atoms with van der Waals surface area (Å²) in [4.78, 5) is 20.8. The van der Waals surface area contributed by atoms with Crippen molar-refractivity contribution in [3.05, 3.63) is 42.1 Å². The zero-order valence-corrected chi connectivity index (χ0v) is 14.2. The molecule has 2 aromatic heterocycles. The van der Waals surface area contributed by atoms with Crippen LogP contribution >= 0.6 is 11.8 Å². The minimum Gasteiger partial charge on any atom is -0.383 e. The van der Waals surface area contributed by atoms with Crippen LogP contribution in [0.2, 0.25) is 0 Å². The van der Waals surface area contributed by atoms with Gasteiger partial charge in [-0.05, 0) is 6.07 Å². The van der Waals surface area contributed by atoms with Gasteiger partial charge in [0.2, 0.25) is 0 Å². The average molecular weight is 352 g/mol. The molecule has 0 saturated carbocycles. The summed E-state index contributed by atoms with van der Waals surface area (Å²) < 4.78 is 1.94. The molecule has 0 amide bonds. The van der Waals surface area contributed by atoms with Crippen molar-refractivity contribution in [1.82, 2.24) is 14.5 Å². The second-order valence-electron chi connectivity index (χ2n) is 5.37. The highest BCUT2D eigenvalue weighted by molar-refractivity contribution is 7.99. The number of hydrogen-bond donors (Lipinski definition) is 2. The number of benzene rings is 1. The Hall–Kier alpha value is -3.05. The maximum atomic E-state index is 12.7. The molecular formula is C17H16N6OS. The van der Waals surface area contributed by atoms with Crippen molar-refractivity contribution in [2.24, 2.45) is 0 Å². The Morgan fingerprint density at radius 1 is 1.24 bits per heavy atom. The van der Waals surface area contributed by atoms with Crippen molar-refractivity contribution in [2.75, 3.05) is 17.2 Å². The van der Waals surface area contributed by atoms with Crippen molar-refractivity contribution in [1.29, 1.82) is 5.26 Å². The Morgan fingerprint density at radius 2 is 1.96 bits per heavy atom. The molecule has 3 rings (SSSR count). The lowest BCUT2D eigenvalue weighted by Gasteiger charge is -2.02. The van der Waals surface area contributed by atoms with E-state index < -0.39 is 0 Å². The molecule has 3 aromatic rings. The van der Waals surface area contributed by atoms with Crippen LogP contribution in [0.5, 0.6) is 0 Å². The highest BCUT2D eigenvalue weighted by atomic mass is 32.2. The molecule has 0 aliphatic heterocycles. The summed E-state index contributed by atoms with van der Waals surface area (Å²) >= 11 is 1.19. The van der Waals surface area contributed by atoms with Crippen LogP contribution in [0.1, 0.15) is 16.8 Å². The number of aryl methyl sites for hydroxylation is 1. The summed E-state index contributed by atoms with van der Waals surface area (Å²) in [6, 6.07) is 11.2. The number of nitrogen functional groups attached to an aromatic ring is 2. The van der Waals surface area contributed by atoms with Crippen LogP contribution in [0.4, 0.5) is 11.6 Å². The highest BCUT2D eigenvalue weighted by Gasteiger charge is 2.16. The van der Waals surface area contributed by atoms with E-state index in [9.17, 15) is 4.79 Å². The first-order valence-corrected chi connectivity index (χ1v) is 8.58. The number of rotatable bonds is 6. The van der Waals surface area contributed by atoms with Crippen molar-refractivity contribution in [3.63, 3.8) is 0 Å². The van der Waals surface area contributed by atoms with Crippen LogP contribution in [-0.2, 0) is 6.54 Å². The van der Waals surface area contributed by atoms with E-state index in [1.807, 2.05) is 28.8 Å². The molecular weight excluding hydrogens is 336 g/mol. The van der Waals surface area contributed by atoms with Gasteiger partial charge in [-0.25, -0.2) is 9.97 Å². The second-order valence-corrected chi connectivity index (χ2v) is 6.32. The topological polar surface area (TPSA) is 124 Å². The van der Waals surface area contributed by atoms with Crippen LogP contribution in [0, 0.1) is 11.3 Å². The fourth-order valence-electron chi connectivity index (χ4n) is 2.56. The standard InChI is InChI=1S/C17H16N6OS/c18-6-3-7-23-9-12(11-4-1-2-5-13(11)23)14(24)10-25-17-21-15(19)8-16(20)22-17/h1-2,4-5,8-9H,3,7,10H2,(H4,19,20,21,22). The van der Waals surface area contributed by atoms with Gasteiger partial charge in [0.1, 0.15) is 11.6 Å². The molecule has 2 heterocycles. The lowest BCUT2D eigenvalue weighted by molar-refractivity contribution is 0.102. The first-order chi connectivity index (χ1) is 12.1. The van der Waals surface area contributed by atoms with E-state index in [4.69, 9.17) is 16.7 Å². The smallest absolute Gasteiger partial charge is 0.191 e. The van der Waals surface area contributed by atoms with Crippen LogP contribution in [0.25, 0.3) is 10.9 Å². The van der Waals surface area contributed by atoms with Gasteiger partial charge in [-0.2, -0.15) is 5.26 Å². The Morgan fingerprint density at radius 3 is 2.68 bits per heavy atom. The summed E-state index contributed by atoms with van der Waals surface area (Å²) in [7, 11) is 0. The molecule has 0 unspecified atom stereocenters. The van der Waals surface area contributed by atoms with E-state index in [-0.39, 0.29) is 23.2 Å². The number of thioether (sulfide) groups is 1. The maximum absolute atomic E-state index is 12.7. The molecule has 0 fully saturated rings. The van der Waals surface area contributed by atoms with Crippen molar-refractivity contribution >= 4 is 40.1 Å². The summed E-state index contributed by atoms with van der Waals surface area (Å²) in [6.45, 7) is 0.548. The minimum absolute atomic E-state index is 0.0403. The third-order valence-corrected chi connectivity index (χ3v) is 4.48. The van der Waals surface area contributed by atoms with Crippen LogP contribution < -0.4 is 11.5 Å². The van der Waals surface area contributed by atoms with E-state index in [1.165, 1.54) is 17.8 Å². The van der Waals surface area contributed by atoms with Crippen molar-refractivity contribution < 1.29 is 4.79 Å². The van der Waals surface area contributed by atoms with E-state index in [0.717, 1.165) is 10.9 Å². The van der Waals surface area contributed by atoms with Gasteiger partial charge < -0.3 is 16.0 Å². The van der Waals surface area contributed by atoms with Crippen LogP contribution in [-0.4, -0.2) is 26.1 Å². The molecule has 126 valence electrons. The van der Waals surface area contributed by atoms with Gasteiger partial charge in [-0.3, -0.25) is 4.79 Å². The number of fused-ring (bicyclic) bond motifs is 1. The predicted molar refractivity (Wildman–Crippen MR) is 98.1 cm³/mol. The molecule has 0 radical (unpaired) electrons. The quantitative estimate of drug-likeness (QED) is 0.397. The summed E-state index contributed by atoms with van der Waals surface area (Å²) in [5, 5.41) is 10.1. The van der Waals surface area contributed by atoms with Gasteiger partial charge in [0, 0.05) is 35.3 Å². The molecule has 4 N–H and O–H groups in total. The monoisotopic (exact) mass is 352 g/mol. The van der Waals surface area contributed by atoms with Gasteiger partial charge in [0.25, 0.3) is 0 Å². The Kier molecular flexibility index (Phi) is 4.86. The number of nitrogens with two attached hydrogens (primary N) is 2. The first kappa shape index (κ1) is 16.8. The molecule has 0 atom stereocenters. The second kappa shape index (κ2) is 7.23. The number of Topliss-reactive ketones (excluding diaryl/α,β-unsaturated/α-hetero) is 1. The zero-order valence-electron chi connectivity index (χ0n) is 13.3. The van der Waals surface area contributed by atoms with E-state index in [1.54, 1.807) is 6.20 Å². The number of anilines is 2. The largest absolute Gasteiger partial charge is 0.383 e. The number of carbonyl (C=O) groups is 1. The lowest BCUT2D eigenvalue weighted by Crippen LogP contribution is -2.04. The number of hydrogen-bond acceptors (Lipinski definition) is 7. The highest BCUT2D eigenvalue weighted by Crippen LogP contribution is 2.24. The van der Waals surface area contributed by atoms with Gasteiger partial charge >= 0.3 is 0 Å². The molecule has 1 aromatic carbocycles. The Labute approximate surface area is 148 Å². The van der Waals surface area contributed by atoms with Gasteiger partial charge in [0.05, 0.1) is 18.2 Å². The molecule has 7 nitrogen and oxygen atoms in total. The first-order valence-electron chi connectivity index (χ1n) is 7.59. The fourth-order valence-corrected chi connectivity index (χ4v) is 3.31. The van der Waals surface area contributed by atoms with Gasteiger partial charge in [-0.15, -0.1) is 0 Å². The minimum atomic E-state index is -0.0403. The summed E-state index contributed by atoms with van der Waals surface area (Å²) in [5.74, 6) is 0.683.